The van der Waals surface area contributed by atoms with E-state index in [1.807, 2.05) is 13.8 Å². The van der Waals surface area contributed by atoms with Crippen molar-refractivity contribution in [3.8, 4) is 0 Å². The molecular weight excluding hydrogens is 336 g/mol. The molecule has 1 aliphatic heterocycles. The maximum Gasteiger partial charge on any atom is 0.337 e. The second-order valence-electron chi connectivity index (χ2n) is 5.96. The summed E-state index contributed by atoms with van der Waals surface area (Å²) in [7, 11) is 0. The number of piperidine rings is 1. The van der Waals surface area contributed by atoms with Crippen LogP contribution in [-0.4, -0.2) is 29.6 Å². The number of halogens is 1. The van der Waals surface area contributed by atoms with Crippen LogP contribution in [0.5, 0.6) is 0 Å². The number of rotatable bonds is 3. The van der Waals surface area contributed by atoms with Crippen LogP contribution < -0.4 is 10.6 Å². The van der Waals surface area contributed by atoms with Crippen LogP contribution in [0, 0.1) is 5.41 Å². The molecule has 0 saturated carbocycles. The van der Waals surface area contributed by atoms with Crippen LogP contribution in [0.2, 0.25) is 0 Å². The number of amides is 1. The quantitative estimate of drug-likeness (QED) is 0.779. The van der Waals surface area contributed by atoms with Gasteiger partial charge in [0, 0.05) is 4.47 Å². The Kier molecular flexibility index (Phi) is 4.68. The van der Waals surface area contributed by atoms with Gasteiger partial charge in [0.05, 0.1) is 17.3 Å². The van der Waals surface area contributed by atoms with Gasteiger partial charge in [-0.25, -0.2) is 4.79 Å². The minimum atomic E-state index is -1.07. The summed E-state index contributed by atoms with van der Waals surface area (Å²) in [4.78, 5) is 23.7. The molecule has 1 aliphatic rings. The van der Waals surface area contributed by atoms with Crippen LogP contribution in [0.4, 0.5) is 5.69 Å². The molecule has 0 spiro atoms. The lowest BCUT2D eigenvalue weighted by Gasteiger charge is -2.38. The lowest BCUT2D eigenvalue weighted by Crippen LogP contribution is -2.53. The highest BCUT2D eigenvalue weighted by atomic mass is 79.9. The van der Waals surface area contributed by atoms with E-state index in [1.165, 1.54) is 6.07 Å². The number of carboxylic acids is 1. The fraction of sp³-hybridized carbons (Fsp3) is 0.467. The third-order valence-corrected chi connectivity index (χ3v) is 4.35. The van der Waals surface area contributed by atoms with E-state index >= 15 is 0 Å². The summed E-state index contributed by atoms with van der Waals surface area (Å²) in [5.41, 5.74) is 0.242. The predicted molar refractivity (Wildman–Crippen MR) is 84.5 cm³/mol. The number of hydrogen-bond acceptors (Lipinski definition) is 3. The molecule has 1 heterocycles. The first-order chi connectivity index (χ1) is 9.81. The molecule has 5 nitrogen and oxygen atoms in total. The standard InChI is InChI=1S/C15H19BrN2O3/c1-15(2)6-3-7-17-12(15)13(19)18-11-5-4-9(16)8-10(11)14(20)21/h4-5,8,12,17H,3,6-7H2,1-2H3,(H,18,19)(H,20,21). The van der Waals surface area contributed by atoms with Crippen LogP contribution in [0.15, 0.2) is 22.7 Å². The first-order valence-electron chi connectivity index (χ1n) is 6.88. The Balaban J connectivity index is 2.22. The van der Waals surface area contributed by atoms with Gasteiger partial charge in [-0.2, -0.15) is 0 Å². The SMILES string of the molecule is CC1(C)CCCNC1C(=O)Nc1ccc(Br)cc1C(=O)O. The van der Waals surface area contributed by atoms with Crippen molar-refractivity contribution in [1.82, 2.24) is 5.32 Å². The Labute approximate surface area is 132 Å². The average Bonchev–Trinajstić information content (AvgIpc) is 2.39. The van der Waals surface area contributed by atoms with Gasteiger partial charge < -0.3 is 15.7 Å². The van der Waals surface area contributed by atoms with E-state index in [4.69, 9.17) is 0 Å². The highest BCUT2D eigenvalue weighted by Gasteiger charge is 2.37. The summed E-state index contributed by atoms with van der Waals surface area (Å²) >= 11 is 3.24. The van der Waals surface area contributed by atoms with E-state index in [9.17, 15) is 14.7 Å². The number of carbonyl (C=O) groups excluding carboxylic acids is 1. The second-order valence-corrected chi connectivity index (χ2v) is 6.88. The van der Waals surface area contributed by atoms with Crippen LogP contribution in [0.25, 0.3) is 0 Å². The van der Waals surface area contributed by atoms with Gasteiger partial charge in [-0.15, -0.1) is 0 Å². The first kappa shape index (κ1) is 16.0. The summed E-state index contributed by atoms with van der Waals surface area (Å²) in [6.07, 6.45) is 2.00. The predicted octanol–water partition coefficient (Wildman–Crippen LogP) is 2.86. The number of nitrogens with one attached hydrogen (secondary N) is 2. The maximum absolute atomic E-state index is 12.5. The molecule has 2 rings (SSSR count). The van der Waals surface area contributed by atoms with Gasteiger partial charge in [-0.1, -0.05) is 29.8 Å². The molecule has 1 saturated heterocycles. The Morgan fingerprint density at radius 2 is 2.14 bits per heavy atom. The van der Waals surface area contributed by atoms with Crippen molar-refractivity contribution >= 4 is 33.5 Å². The van der Waals surface area contributed by atoms with E-state index in [0.717, 1.165) is 19.4 Å². The summed E-state index contributed by atoms with van der Waals surface area (Å²) < 4.78 is 0.661. The highest BCUT2D eigenvalue weighted by molar-refractivity contribution is 9.10. The molecule has 21 heavy (non-hydrogen) atoms. The number of carbonyl (C=O) groups is 2. The van der Waals surface area contributed by atoms with Crippen molar-refractivity contribution in [3.63, 3.8) is 0 Å². The monoisotopic (exact) mass is 354 g/mol. The summed E-state index contributed by atoms with van der Waals surface area (Å²) in [5, 5.41) is 15.2. The normalized spacial score (nSPS) is 20.8. The summed E-state index contributed by atoms with van der Waals surface area (Å²) in [6.45, 7) is 4.89. The van der Waals surface area contributed by atoms with Gasteiger partial charge in [0.25, 0.3) is 0 Å². The average molecular weight is 355 g/mol. The zero-order valence-corrected chi connectivity index (χ0v) is 13.7. The largest absolute Gasteiger partial charge is 0.478 e. The van der Waals surface area contributed by atoms with E-state index in [1.54, 1.807) is 12.1 Å². The number of anilines is 1. The molecule has 1 atom stereocenters. The van der Waals surface area contributed by atoms with Crippen LogP contribution >= 0.6 is 15.9 Å². The molecule has 114 valence electrons. The van der Waals surface area contributed by atoms with Crippen LogP contribution in [-0.2, 0) is 4.79 Å². The number of benzene rings is 1. The minimum absolute atomic E-state index is 0.0753. The summed E-state index contributed by atoms with van der Waals surface area (Å²) in [6, 6.07) is 4.47. The summed E-state index contributed by atoms with van der Waals surface area (Å²) in [5.74, 6) is -1.26. The molecule has 3 N–H and O–H groups in total. The molecule has 0 aromatic heterocycles. The Morgan fingerprint density at radius 1 is 1.43 bits per heavy atom. The zero-order valence-electron chi connectivity index (χ0n) is 12.1. The van der Waals surface area contributed by atoms with Crippen molar-refractivity contribution in [2.75, 3.05) is 11.9 Å². The lowest BCUT2D eigenvalue weighted by molar-refractivity contribution is -0.121. The van der Waals surface area contributed by atoms with E-state index in [-0.39, 0.29) is 22.9 Å². The molecule has 1 unspecified atom stereocenters. The fourth-order valence-electron chi connectivity index (χ4n) is 2.67. The number of carboxylic acid groups (broad SMARTS) is 1. The van der Waals surface area contributed by atoms with Gasteiger partial charge in [-0.3, -0.25) is 4.79 Å². The topological polar surface area (TPSA) is 78.4 Å². The lowest BCUT2D eigenvalue weighted by atomic mass is 9.77. The van der Waals surface area contributed by atoms with E-state index in [2.05, 4.69) is 26.6 Å². The van der Waals surface area contributed by atoms with Crippen LogP contribution in [0.1, 0.15) is 37.0 Å². The maximum atomic E-state index is 12.5. The molecule has 1 aromatic rings. The number of hydrogen-bond donors (Lipinski definition) is 3. The fourth-order valence-corrected chi connectivity index (χ4v) is 3.03. The smallest absolute Gasteiger partial charge is 0.337 e. The molecule has 0 radical (unpaired) electrons. The van der Waals surface area contributed by atoms with Gasteiger partial charge in [0.2, 0.25) is 5.91 Å². The Bertz CT molecular complexity index is 572. The Morgan fingerprint density at radius 3 is 2.76 bits per heavy atom. The molecule has 1 fully saturated rings. The molecule has 6 heteroatoms. The van der Waals surface area contributed by atoms with Crippen molar-refractivity contribution < 1.29 is 14.7 Å². The molecule has 0 bridgehead atoms. The van der Waals surface area contributed by atoms with Crippen molar-refractivity contribution in [3.05, 3.63) is 28.2 Å². The van der Waals surface area contributed by atoms with E-state index in [0.29, 0.717) is 10.2 Å². The molecule has 1 amide bonds. The van der Waals surface area contributed by atoms with Gasteiger partial charge in [-0.05, 0) is 43.0 Å². The van der Waals surface area contributed by atoms with Crippen molar-refractivity contribution in [1.29, 1.82) is 0 Å². The van der Waals surface area contributed by atoms with Crippen molar-refractivity contribution in [2.24, 2.45) is 5.41 Å². The van der Waals surface area contributed by atoms with Gasteiger partial charge in [0.1, 0.15) is 0 Å². The Hall–Kier alpha value is -1.40. The van der Waals surface area contributed by atoms with Gasteiger partial charge >= 0.3 is 5.97 Å². The molecule has 0 aliphatic carbocycles. The third kappa shape index (κ3) is 3.63. The van der Waals surface area contributed by atoms with Gasteiger partial charge in [0.15, 0.2) is 0 Å². The molecule has 1 aromatic carbocycles. The second kappa shape index (κ2) is 6.15. The van der Waals surface area contributed by atoms with E-state index < -0.39 is 5.97 Å². The number of aromatic carboxylic acids is 1. The third-order valence-electron chi connectivity index (χ3n) is 3.86. The highest BCUT2D eigenvalue weighted by Crippen LogP contribution is 2.31. The minimum Gasteiger partial charge on any atom is -0.478 e. The van der Waals surface area contributed by atoms with Crippen molar-refractivity contribution in [2.45, 2.75) is 32.7 Å². The zero-order chi connectivity index (χ0) is 15.6. The molecular formula is C15H19BrN2O3. The van der Waals surface area contributed by atoms with Crippen LogP contribution in [0.3, 0.4) is 0 Å². The first-order valence-corrected chi connectivity index (χ1v) is 7.68.